The first kappa shape index (κ1) is 6.80. The predicted octanol–water partition coefficient (Wildman–Crippen LogP) is -1.15. The van der Waals surface area contributed by atoms with E-state index < -0.39 is 0 Å². The Hall–Kier alpha value is -1.32. The third kappa shape index (κ3) is 1.58. The standard InChI is InChI=1S/C6H9N3O/c1-6(10)7-9-4-3-8(2)5-9/h3-5H,1-2H3. The van der Waals surface area contributed by atoms with Crippen LogP contribution in [0.15, 0.2) is 23.8 Å². The molecule has 0 aliphatic rings. The maximum Gasteiger partial charge on any atom is 0.269 e. The highest BCUT2D eigenvalue weighted by atomic mass is 16.3. The van der Waals surface area contributed by atoms with Gasteiger partial charge in [0.05, 0.1) is 7.05 Å². The molecule has 1 heterocycles. The second kappa shape index (κ2) is 2.51. The molecule has 0 spiro atoms. The van der Waals surface area contributed by atoms with Crippen LogP contribution in [0.4, 0.5) is 0 Å². The molecule has 1 aromatic rings. The van der Waals surface area contributed by atoms with Crippen molar-refractivity contribution in [3.8, 4) is 0 Å². The fourth-order valence-electron chi connectivity index (χ4n) is 0.659. The summed E-state index contributed by atoms with van der Waals surface area (Å²) < 4.78 is 3.29. The molecule has 0 unspecified atom stereocenters. The van der Waals surface area contributed by atoms with Crippen molar-refractivity contribution in [1.29, 1.82) is 0 Å². The van der Waals surface area contributed by atoms with Gasteiger partial charge in [-0.05, 0) is 6.92 Å². The Balaban J connectivity index is 2.86. The number of hydrogen-bond donors (Lipinski definition) is 0. The molecule has 54 valence electrons. The monoisotopic (exact) mass is 139 g/mol. The lowest BCUT2D eigenvalue weighted by Gasteiger charge is -1.95. The molecular formula is C6H9N3O. The molecule has 0 saturated heterocycles. The second-order valence-corrected chi connectivity index (χ2v) is 2.08. The summed E-state index contributed by atoms with van der Waals surface area (Å²) in [5.74, 6) is -0.198. The van der Waals surface area contributed by atoms with Gasteiger partial charge in [-0.25, -0.2) is 4.57 Å². The highest BCUT2D eigenvalue weighted by Gasteiger charge is 1.93. The number of rotatable bonds is 1. The van der Waals surface area contributed by atoms with Crippen molar-refractivity contribution in [2.45, 2.75) is 6.92 Å². The summed E-state index contributed by atoms with van der Waals surface area (Å²) in [6.07, 6.45) is 5.23. The molecule has 0 aliphatic heterocycles. The van der Waals surface area contributed by atoms with Crippen LogP contribution >= 0.6 is 0 Å². The van der Waals surface area contributed by atoms with Crippen LogP contribution in [0.1, 0.15) is 6.92 Å². The first-order valence-electron chi connectivity index (χ1n) is 2.94. The number of aryl methyl sites for hydroxylation is 1. The fraction of sp³-hybridized carbons (Fsp3) is 0.333. The lowest BCUT2D eigenvalue weighted by Crippen LogP contribution is -2.23. The van der Waals surface area contributed by atoms with Crippen molar-refractivity contribution in [3.63, 3.8) is 0 Å². The van der Waals surface area contributed by atoms with Gasteiger partial charge >= 0.3 is 0 Å². The Bertz CT molecular complexity index is 247. The van der Waals surface area contributed by atoms with Gasteiger partial charge in [-0.3, -0.25) is 0 Å². The highest BCUT2D eigenvalue weighted by molar-refractivity contribution is 5.67. The molecule has 0 fully saturated rings. The molecule has 0 bridgehead atoms. The van der Waals surface area contributed by atoms with E-state index in [-0.39, 0.29) is 5.90 Å². The molecule has 0 aliphatic carbocycles. The Kier molecular flexibility index (Phi) is 1.71. The van der Waals surface area contributed by atoms with Crippen molar-refractivity contribution in [2.24, 2.45) is 12.1 Å². The van der Waals surface area contributed by atoms with Gasteiger partial charge in [-0.2, -0.15) is 0 Å². The molecule has 0 N–H and O–H groups in total. The van der Waals surface area contributed by atoms with Gasteiger partial charge in [-0.1, -0.05) is 5.10 Å². The van der Waals surface area contributed by atoms with Crippen molar-refractivity contribution in [2.75, 3.05) is 0 Å². The molecule has 4 heteroatoms. The van der Waals surface area contributed by atoms with Crippen LogP contribution in [0.5, 0.6) is 0 Å². The zero-order valence-electron chi connectivity index (χ0n) is 5.98. The van der Waals surface area contributed by atoms with E-state index in [1.807, 2.05) is 17.8 Å². The van der Waals surface area contributed by atoms with Crippen LogP contribution in [0.3, 0.4) is 0 Å². The van der Waals surface area contributed by atoms with Gasteiger partial charge in [0.15, 0.2) is 6.20 Å². The topological polar surface area (TPSA) is 44.2 Å². The van der Waals surface area contributed by atoms with E-state index in [1.54, 1.807) is 12.5 Å². The summed E-state index contributed by atoms with van der Waals surface area (Å²) in [5, 5.41) is 14.1. The van der Waals surface area contributed by atoms with Gasteiger partial charge in [0.2, 0.25) is 0 Å². The normalized spacial score (nSPS) is 12.0. The van der Waals surface area contributed by atoms with E-state index in [4.69, 9.17) is 0 Å². The van der Waals surface area contributed by atoms with Crippen LogP contribution in [-0.4, -0.2) is 10.6 Å². The van der Waals surface area contributed by atoms with Gasteiger partial charge < -0.3 is 5.11 Å². The van der Waals surface area contributed by atoms with Crippen LogP contribution in [-0.2, 0) is 7.05 Å². The fourth-order valence-corrected chi connectivity index (χ4v) is 0.659. The maximum absolute atomic E-state index is 10.4. The van der Waals surface area contributed by atoms with Crippen LogP contribution in [0, 0.1) is 0 Å². The highest BCUT2D eigenvalue weighted by Crippen LogP contribution is 1.80. The Labute approximate surface area is 59.0 Å². The van der Waals surface area contributed by atoms with E-state index in [9.17, 15) is 5.11 Å². The molecule has 0 amide bonds. The van der Waals surface area contributed by atoms with Gasteiger partial charge in [0, 0.05) is 5.90 Å². The summed E-state index contributed by atoms with van der Waals surface area (Å²) >= 11 is 0. The van der Waals surface area contributed by atoms with Crippen LogP contribution in [0.2, 0.25) is 0 Å². The minimum Gasteiger partial charge on any atom is -0.859 e. The van der Waals surface area contributed by atoms with E-state index in [0.717, 1.165) is 0 Å². The molecule has 10 heavy (non-hydrogen) atoms. The second-order valence-electron chi connectivity index (χ2n) is 2.08. The quantitative estimate of drug-likeness (QED) is 0.275. The molecule has 0 radical (unpaired) electrons. The van der Waals surface area contributed by atoms with Crippen LogP contribution in [0.25, 0.3) is 0 Å². The van der Waals surface area contributed by atoms with Gasteiger partial charge in [0.25, 0.3) is 6.33 Å². The van der Waals surface area contributed by atoms with Gasteiger partial charge in [0.1, 0.15) is 6.20 Å². The Morgan fingerprint density at radius 1 is 1.70 bits per heavy atom. The molecule has 0 aromatic carbocycles. The third-order valence-corrected chi connectivity index (χ3v) is 1.01. The molecule has 1 rings (SSSR count). The number of nitrogens with zero attached hydrogens (tertiary/aromatic N) is 3. The minimum absolute atomic E-state index is 0.198. The molecule has 0 atom stereocenters. The summed E-state index contributed by atoms with van der Waals surface area (Å²) in [6, 6.07) is 0. The van der Waals surface area contributed by atoms with E-state index >= 15 is 0 Å². The smallest absolute Gasteiger partial charge is 0.269 e. The maximum atomic E-state index is 10.4. The first-order chi connectivity index (χ1) is 4.68. The molecular weight excluding hydrogens is 130 g/mol. The minimum atomic E-state index is -0.198. The van der Waals surface area contributed by atoms with Gasteiger partial charge in [-0.15, -0.1) is 4.68 Å². The largest absolute Gasteiger partial charge is 0.859 e. The molecule has 4 nitrogen and oxygen atoms in total. The first-order valence-corrected chi connectivity index (χ1v) is 2.94. The third-order valence-electron chi connectivity index (χ3n) is 1.01. The summed E-state index contributed by atoms with van der Waals surface area (Å²) in [4.78, 5) is 0. The number of hydrogen-bond acceptors (Lipinski definition) is 2. The van der Waals surface area contributed by atoms with Crippen molar-refractivity contribution < 1.29 is 9.67 Å². The number of aromatic nitrogens is 2. The van der Waals surface area contributed by atoms with E-state index in [2.05, 4.69) is 5.10 Å². The Morgan fingerprint density at radius 3 is 2.80 bits per heavy atom. The molecule has 0 saturated carbocycles. The lowest BCUT2D eigenvalue weighted by atomic mass is 10.8. The average Bonchev–Trinajstić information content (AvgIpc) is 2.13. The predicted molar refractivity (Wildman–Crippen MR) is 34.1 cm³/mol. The summed E-state index contributed by atoms with van der Waals surface area (Å²) in [6.45, 7) is 1.42. The van der Waals surface area contributed by atoms with Crippen LogP contribution < -0.4 is 9.67 Å². The average molecular weight is 139 g/mol. The number of imidazole rings is 1. The molecule has 1 aromatic heterocycles. The summed E-state index contributed by atoms with van der Waals surface area (Å²) in [5.41, 5.74) is 0. The zero-order valence-corrected chi connectivity index (χ0v) is 5.98. The van der Waals surface area contributed by atoms with E-state index in [1.165, 1.54) is 11.6 Å². The van der Waals surface area contributed by atoms with Crippen molar-refractivity contribution in [1.82, 2.24) is 4.68 Å². The lowest BCUT2D eigenvalue weighted by molar-refractivity contribution is -0.671. The summed E-state index contributed by atoms with van der Waals surface area (Å²) in [7, 11) is 1.87. The zero-order chi connectivity index (χ0) is 7.56. The Morgan fingerprint density at radius 2 is 2.40 bits per heavy atom. The van der Waals surface area contributed by atoms with Crippen molar-refractivity contribution in [3.05, 3.63) is 18.7 Å². The van der Waals surface area contributed by atoms with E-state index in [0.29, 0.717) is 0 Å². The SMILES string of the molecule is C/C([O-])=N/n1cc[n+](C)c1. The van der Waals surface area contributed by atoms with Crippen molar-refractivity contribution >= 4 is 5.90 Å².